The lowest BCUT2D eigenvalue weighted by molar-refractivity contribution is 1.59. The Hall–Kier alpha value is 0.110. The largest absolute Gasteiger partial charge is 0.235 e. The predicted octanol–water partition coefficient (Wildman–Crippen LogP) is 2.83. The van der Waals surface area contributed by atoms with Crippen LogP contribution in [0.5, 0.6) is 0 Å². The Labute approximate surface area is 65.5 Å². The maximum atomic E-state index is 3.83. The van der Waals surface area contributed by atoms with Crippen molar-refractivity contribution in [1.29, 1.82) is 0 Å². The maximum absolute atomic E-state index is 3.83. The van der Waals surface area contributed by atoms with Crippen LogP contribution in [0.25, 0.3) is 0 Å². The normalized spacial score (nSPS) is 11.0. The Balaban J connectivity index is 3.94. The Morgan fingerprint density at radius 2 is 2.00 bits per heavy atom. The number of nitrogens with zero attached hydrogens (tertiary/aromatic N) is 1. The summed E-state index contributed by atoms with van der Waals surface area (Å²) in [5, 5.41) is 0. The summed E-state index contributed by atoms with van der Waals surface area (Å²) in [5.74, 6) is 0. The highest BCUT2D eigenvalue weighted by Gasteiger charge is 1.82. The molecule has 0 aliphatic rings. The van der Waals surface area contributed by atoms with E-state index in [4.69, 9.17) is 0 Å². The molecule has 0 aliphatic heterocycles. The molecule has 0 atom stereocenters. The summed E-state index contributed by atoms with van der Waals surface area (Å²) in [4.78, 5) is 3.83. The molecule has 0 N–H and O–H groups in total. The first-order valence-corrected chi connectivity index (χ1v) is 3.46. The quantitative estimate of drug-likeness (QED) is 0.518. The van der Waals surface area contributed by atoms with E-state index in [1.807, 2.05) is 0 Å². The lowest BCUT2D eigenvalue weighted by Crippen LogP contribution is -1.73. The molecule has 0 spiro atoms. The van der Waals surface area contributed by atoms with Crippen LogP contribution in [-0.4, -0.2) is 4.62 Å². The molecule has 1 nitrogen and oxygen atoms in total. The molecule has 0 radical (unpaired) electrons. The smallest absolute Gasteiger partial charge is 0.106 e. The molecule has 8 heavy (non-hydrogen) atoms. The van der Waals surface area contributed by atoms with Crippen molar-refractivity contribution in [3.05, 3.63) is 23.8 Å². The molecule has 0 saturated heterocycles. The summed E-state index contributed by atoms with van der Waals surface area (Å²) >= 11 is 6.17. The van der Waals surface area contributed by atoms with Gasteiger partial charge in [-0.1, -0.05) is 13.2 Å². The highest BCUT2D eigenvalue weighted by atomic mass is 79.9. The van der Waals surface area contributed by atoms with E-state index in [1.165, 1.54) is 0 Å². The minimum atomic E-state index is 0.587. The molecule has 0 heterocycles. The van der Waals surface area contributed by atoms with Gasteiger partial charge in [0.15, 0.2) is 0 Å². The van der Waals surface area contributed by atoms with Gasteiger partial charge in [0.1, 0.15) is 4.62 Å². The van der Waals surface area contributed by atoms with Crippen LogP contribution in [0.4, 0.5) is 0 Å². The Morgan fingerprint density at radius 3 is 2.12 bits per heavy atom. The van der Waals surface area contributed by atoms with E-state index in [0.717, 1.165) is 0 Å². The fourth-order valence-electron chi connectivity index (χ4n) is 0.162. The van der Waals surface area contributed by atoms with E-state index in [-0.39, 0.29) is 0 Å². The van der Waals surface area contributed by atoms with Crippen LogP contribution in [0.15, 0.2) is 28.8 Å². The van der Waals surface area contributed by atoms with Gasteiger partial charge in [0.05, 0.1) is 4.61 Å². The van der Waals surface area contributed by atoms with E-state index in [1.54, 1.807) is 6.08 Å². The average molecular weight is 239 g/mol. The van der Waals surface area contributed by atoms with E-state index in [2.05, 4.69) is 50.0 Å². The molecule has 0 aromatic rings. The molecule has 3 heteroatoms. The molecule has 0 saturated carbocycles. The molecule has 0 fully saturated rings. The van der Waals surface area contributed by atoms with Gasteiger partial charge in [0.2, 0.25) is 0 Å². The second kappa shape index (κ2) is 4.04. The summed E-state index contributed by atoms with van der Waals surface area (Å²) in [5.41, 5.74) is 0. The van der Waals surface area contributed by atoms with Gasteiger partial charge >= 0.3 is 0 Å². The third-order valence-electron chi connectivity index (χ3n) is 0.397. The third-order valence-corrected chi connectivity index (χ3v) is 1.07. The van der Waals surface area contributed by atoms with E-state index in [0.29, 0.717) is 9.23 Å². The van der Waals surface area contributed by atoms with Crippen molar-refractivity contribution in [3.63, 3.8) is 0 Å². The molecule has 0 aliphatic carbocycles. The molecule has 0 unspecified atom stereocenters. The van der Waals surface area contributed by atoms with Gasteiger partial charge in [-0.05, 0) is 37.9 Å². The van der Waals surface area contributed by atoms with Crippen molar-refractivity contribution in [3.8, 4) is 0 Å². The number of halogens is 2. The Morgan fingerprint density at radius 1 is 1.50 bits per heavy atom. The highest BCUT2D eigenvalue weighted by molar-refractivity contribution is 9.18. The zero-order valence-corrected chi connectivity index (χ0v) is 7.37. The number of rotatable bonds is 2. The molecule has 0 rings (SSSR count). The van der Waals surface area contributed by atoms with Gasteiger partial charge in [-0.2, -0.15) is 0 Å². The van der Waals surface area contributed by atoms with Gasteiger partial charge in [-0.25, -0.2) is 4.99 Å². The topological polar surface area (TPSA) is 12.4 Å². The molecule has 44 valence electrons. The van der Waals surface area contributed by atoms with Crippen molar-refractivity contribution >= 4 is 36.5 Å². The first kappa shape index (κ1) is 8.11. The lowest BCUT2D eigenvalue weighted by atomic mass is 10.7. The van der Waals surface area contributed by atoms with Crippen LogP contribution in [0.3, 0.4) is 0 Å². The SMILES string of the molecule is C=C/C(Br)=N\C(=C)Br. The van der Waals surface area contributed by atoms with Crippen molar-refractivity contribution in [2.45, 2.75) is 0 Å². The van der Waals surface area contributed by atoms with Gasteiger partial charge in [-0.3, -0.25) is 0 Å². The van der Waals surface area contributed by atoms with Crippen LogP contribution in [0.1, 0.15) is 0 Å². The van der Waals surface area contributed by atoms with E-state index < -0.39 is 0 Å². The summed E-state index contributed by atoms with van der Waals surface area (Å²) in [6.45, 7) is 6.97. The van der Waals surface area contributed by atoms with Crippen LogP contribution in [-0.2, 0) is 0 Å². The monoisotopic (exact) mass is 237 g/mol. The van der Waals surface area contributed by atoms with Crippen LogP contribution < -0.4 is 0 Å². The predicted molar refractivity (Wildman–Crippen MR) is 44.6 cm³/mol. The Bertz CT molecular complexity index is 137. The zero-order valence-electron chi connectivity index (χ0n) is 4.19. The summed E-state index contributed by atoms with van der Waals surface area (Å²) < 4.78 is 1.27. The zero-order chi connectivity index (χ0) is 6.57. The first-order valence-electron chi connectivity index (χ1n) is 1.88. The fraction of sp³-hybridized carbons (Fsp3) is 0. The second-order valence-electron chi connectivity index (χ2n) is 1.01. The summed E-state index contributed by atoms with van der Waals surface area (Å²) in [6.07, 6.45) is 1.59. The van der Waals surface area contributed by atoms with Crippen LogP contribution >= 0.6 is 31.9 Å². The summed E-state index contributed by atoms with van der Waals surface area (Å²) in [7, 11) is 0. The minimum Gasteiger partial charge on any atom is -0.235 e. The van der Waals surface area contributed by atoms with Crippen molar-refractivity contribution in [1.82, 2.24) is 0 Å². The van der Waals surface area contributed by atoms with Crippen molar-refractivity contribution < 1.29 is 0 Å². The third kappa shape index (κ3) is 4.27. The highest BCUT2D eigenvalue weighted by Crippen LogP contribution is 2.04. The minimum absolute atomic E-state index is 0.587. The molecular formula is C5H5Br2N. The standard InChI is InChI=1S/C5H5Br2N/c1-3-5(7)8-4(2)6/h3H,1-2H2/b8-5+. The Kier molecular flexibility index (Phi) is 4.09. The first-order chi connectivity index (χ1) is 3.66. The van der Waals surface area contributed by atoms with E-state index in [9.17, 15) is 0 Å². The molecular weight excluding hydrogens is 234 g/mol. The van der Waals surface area contributed by atoms with Crippen molar-refractivity contribution in [2.24, 2.45) is 4.99 Å². The number of aliphatic imine (C=N–C) groups is 1. The second-order valence-corrected chi connectivity index (χ2v) is 2.74. The van der Waals surface area contributed by atoms with Crippen molar-refractivity contribution in [2.75, 3.05) is 0 Å². The maximum Gasteiger partial charge on any atom is 0.106 e. The number of allylic oxidation sites excluding steroid dienone is 1. The average Bonchev–Trinajstić information content (AvgIpc) is 1.65. The summed E-state index contributed by atoms with van der Waals surface area (Å²) in [6, 6.07) is 0. The van der Waals surface area contributed by atoms with Gasteiger partial charge in [0, 0.05) is 0 Å². The fourth-order valence-corrected chi connectivity index (χ4v) is 0.805. The lowest BCUT2D eigenvalue weighted by Gasteiger charge is -1.83. The number of hydrogen-bond donors (Lipinski definition) is 0. The number of hydrogen-bond acceptors (Lipinski definition) is 1. The van der Waals surface area contributed by atoms with Crippen LogP contribution in [0, 0.1) is 0 Å². The molecule has 0 amide bonds. The molecule has 0 aromatic heterocycles. The molecule has 0 bridgehead atoms. The van der Waals surface area contributed by atoms with Gasteiger partial charge in [0.25, 0.3) is 0 Å². The van der Waals surface area contributed by atoms with E-state index >= 15 is 0 Å². The van der Waals surface area contributed by atoms with Crippen LogP contribution in [0.2, 0.25) is 0 Å². The molecule has 0 aromatic carbocycles. The van der Waals surface area contributed by atoms with Gasteiger partial charge in [-0.15, -0.1) is 0 Å². The van der Waals surface area contributed by atoms with Gasteiger partial charge < -0.3 is 0 Å².